The number of carbonyl (C=O) groups excluding carboxylic acids is 1. The van der Waals surface area contributed by atoms with Crippen LogP contribution in [-0.2, 0) is 0 Å². The molecule has 6 heteroatoms. The quantitative estimate of drug-likeness (QED) is 0.700. The van der Waals surface area contributed by atoms with E-state index in [9.17, 15) is 4.79 Å². The first kappa shape index (κ1) is 16.8. The van der Waals surface area contributed by atoms with Gasteiger partial charge in [0.15, 0.2) is 0 Å². The second-order valence-electron chi connectivity index (χ2n) is 6.38. The minimum Gasteiger partial charge on any atom is -0.497 e. The monoisotopic (exact) mass is 368 g/mol. The predicted molar refractivity (Wildman–Crippen MR) is 102 cm³/mol. The van der Waals surface area contributed by atoms with Gasteiger partial charge in [0.1, 0.15) is 11.5 Å². The Morgan fingerprint density at radius 1 is 1.19 bits per heavy atom. The zero-order valence-corrected chi connectivity index (χ0v) is 15.6. The van der Waals surface area contributed by atoms with Gasteiger partial charge in [-0.2, -0.15) is 0 Å². The lowest BCUT2D eigenvalue weighted by Gasteiger charge is -2.18. The van der Waals surface area contributed by atoms with Crippen LogP contribution in [-0.4, -0.2) is 43.1 Å². The number of carbonyl (C=O) groups is 1. The summed E-state index contributed by atoms with van der Waals surface area (Å²) in [5.41, 5.74) is 4.48. The van der Waals surface area contributed by atoms with Crippen molar-refractivity contribution < 1.29 is 14.3 Å². The molecule has 1 aliphatic heterocycles. The second kappa shape index (κ2) is 6.96. The zero-order chi connectivity index (χ0) is 18.1. The predicted octanol–water partition coefficient (Wildman–Crippen LogP) is 3.94. The van der Waals surface area contributed by atoms with Gasteiger partial charge in [0, 0.05) is 30.1 Å². The fourth-order valence-corrected chi connectivity index (χ4v) is 4.19. The molecule has 0 aliphatic carbocycles. The molecule has 1 aliphatic rings. The van der Waals surface area contributed by atoms with E-state index in [1.165, 1.54) is 0 Å². The third kappa shape index (κ3) is 3.01. The molecule has 4 rings (SSSR count). The summed E-state index contributed by atoms with van der Waals surface area (Å²) in [5, 5.41) is 0. The van der Waals surface area contributed by atoms with Gasteiger partial charge in [-0.1, -0.05) is 0 Å². The van der Waals surface area contributed by atoms with E-state index in [2.05, 4.69) is 4.98 Å². The maximum Gasteiger partial charge on any atom is 0.253 e. The number of fused-ring (bicyclic) bond motifs is 1. The number of hydrogen-bond acceptors (Lipinski definition) is 5. The lowest BCUT2D eigenvalue weighted by atomic mass is 9.97. The highest BCUT2D eigenvalue weighted by Gasteiger charge is 2.30. The number of thiazole rings is 1. The molecule has 1 fully saturated rings. The molecule has 2 aromatic carbocycles. The molecule has 2 heterocycles. The third-order valence-electron chi connectivity index (χ3n) is 4.93. The number of benzene rings is 2. The number of aromatic nitrogens is 1. The Morgan fingerprint density at radius 3 is 2.88 bits per heavy atom. The molecule has 1 atom stereocenters. The standard InChI is InChI=1S/C20H20N2O3S/c1-24-15-4-5-18(25-2)16(10-15)14-7-8-22(11-14)20(23)13-3-6-19-17(9-13)21-12-26-19/h3-6,9-10,12,14H,7-8,11H2,1-2H3. The van der Waals surface area contributed by atoms with Gasteiger partial charge < -0.3 is 14.4 Å². The molecule has 0 radical (unpaired) electrons. The number of rotatable bonds is 4. The van der Waals surface area contributed by atoms with Gasteiger partial charge in [0.2, 0.25) is 0 Å². The number of ether oxygens (including phenoxy) is 2. The molecule has 1 amide bonds. The molecule has 1 unspecified atom stereocenters. The number of likely N-dealkylation sites (tertiary alicyclic amines) is 1. The van der Waals surface area contributed by atoms with Crippen LogP contribution in [0.5, 0.6) is 11.5 Å². The zero-order valence-electron chi connectivity index (χ0n) is 14.8. The molecular formula is C20H20N2O3S. The molecule has 0 N–H and O–H groups in total. The van der Waals surface area contributed by atoms with Crippen molar-refractivity contribution in [3.05, 3.63) is 53.0 Å². The minimum atomic E-state index is 0.0595. The van der Waals surface area contributed by atoms with E-state index in [4.69, 9.17) is 9.47 Å². The minimum absolute atomic E-state index is 0.0595. The van der Waals surface area contributed by atoms with Crippen LogP contribution in [0.4, 0.5) is 0 Å². The van der Waals surface area contributed by atoms with Crippen molar-refractivity contribution in [2.45, 2.75) is 12.3 Å². The summed E-state index contributed by atoms with van der Waals surface area (Å²) in [4.78, 5) is 19.1. The second-order valence-corrected chi connectivity index (χ2v) is 7.27. The normalized spacial score (nSPS) is 16.8. The molecule has 0 saturated carbocycles. The van der Waals surface area contributed by atoms with Crippen molar-refractivity contribution in [3.8, 4) is 11.5 Å². The van der Waals surface area contributed by atoms with Gasteiger partial charge in [-0.05, 0) is 42.8 Å². The van der Waals surface area contributed by atoms with Crippen LogP contribution in [0.25, 0.3) is 10.2 Å². The van der Waals surface area contributed by atoms with Crippen molar-refractivity contribution in [1.29, 1.82) is 0 Å². The highest BCUT2D eigenvalue weighted by atomic mass is 32.1. The van der Waals surface area contributed by atoms with Crippen molar-refractivity contribution in [2.75, 3.05) is 27.3 Å². The van der Waals surface area contributed by atoms with Crippen LogP contribution >= 0.6 is 11.3 Å². The Labute approximate surface area is 156 Å². The number of hydrogen-bond donors (Lipinski definition) is 0. The first-order valence-electron chi connectivity index (χ1n) is 8.54. The van der Waals surface area contributed by atoms with Crippen LogP contribution in [0.3, 0.4) is 0 Å². The Morgan fingerprint density at radius 2 is 2.08 bits per heavy atom. The molecule has 26 heavy (non-hydrogen) atoms. The fourth-order valence-electron chi connectivity index (χ4n) is 3.53. The van der Waals surface area contributed by atoms with Crippen molar-refractivity contribution >= 4 is 27.5 Å². The average Bonchev–Trinajstić information content (AvgIpc) is 3.35. The van der Waals surface area contributed by atoms with Crippen molar-refractivity contribution in [2.24, 2.45) is 0 Å². The Hall–Kier alpha value is -2.60. The summed E-state index contributed by atoms with van der Waals surface area (Å²) >= 11 is 1.58. The van der Waals surface area contributed by atoms with Crippen LogP contribution in [0.15, 0.2) is 41.9 Å². The number of methoxy groups -OCH3 is 2. The summed E-state index contributed by atoms with van der Waals surface area (Å²) in [6, 6.07) is 11.6. The van der Waals surface area contributed by atoms with Gasteiger partial charge in [-0.3, -0.25) is 4.79 Å². The van der Waals surface area contributed by atoms with E-state index in [0.29, 0.717) is 12.1 Å². The maximum atomic E-state index is 12.9. The maximum absolute atomic E-state index is 12.9. The van der Waals surface area contributed by atoms with Crippen molar-refractivity contribution in [3.63, 3.8) is 0 Å². The molecule has 134 valence electrons. The summed E-state index contributed by atoms with van der Waals surface area (Å²) in [6.45, 7) is 1.41. The lowest BCUT2D eigenvalue weighted by molar-refractivity contribution is 0.0791. The van der Waals surface area contributed by atoms with E-state index in [1.807, 2.05) is 41.3 Å². The molecule has 0 spiro atoms. The van der Waals surface area contributed by atoms with Crippen LogP contribution in [0.1, 0.15) is 28.3 Å². The summed E-state index contributed by atoms with van der Waals surface area (Å²) < 4.78 is 12.0. The highest BCUT2D eigenvalue weighted by Crippen LogP contribution is 2.36. The smallest absolute Gasteiger partial charge is 0.253 e. The summed E-state index contributed by atoms with van der Waals surface area (Å²) in [5.74, 6) is 1.95. The van der Waals surface area contributed by atoms with Crippen LogP contribution in [0, 0.1) is 0 Å². The van der Waals surface area contributed by atoms with E-state index in [0.717, 1.165) is 40.2 Å². The highest BCUT2D eigenvalue weighted by molar-refractivity contribution is 7.16. The number of amides is 1. The van der Waals surface area contributed by atoms with E-state index < -0.39 is 0 Å². The van der Waals surface area contributed by atoms with E-state index >= 15 is 0 Å². The summed E-state index contributed by atoms with van der Waals surface area (Å²) in [6.07, 6.45) is 0.911. The van der Waals surface area contributed by atoms with Gasteiger partial charge in [0.05, 0.1) is 29.9 Å². The van der Waals surface area contributed by atoms with E-state index in [-0.39, 0.29) is 11.8 Å². The topological polar surface area (TPSA) is 51.7 Å². The molecule has 0 bridgehead atoms. The first-order chi connectivity index (χ1) is 12.7. The van der Waals surface area contributed by atoms with Gasteiger partial charge in [-0.15, -0.1) is 11.3 Å². The van der Waals surface area contributed by atoms with Gasteiger partial charge in [0.25, 0.3) is 5.91 Å². The Bertz CT molecular complexity index is 953. The average molecular weight is 368 g/mol. The molecule has 1 saturated heterocycles. The van der Waals surface area contributed by atoms with Gasteiger partial charge in [-0.25, -0.2) is 4.98 Å². The van der Waals surface area contributed by atoms with Gasteiger partial charge >= 0.3 is 0 Å². The molecular weight excluding hydrogens is 348 g/mol. The lowest BCUT2D eigenvalue weighted by Crippen LogP contribution is -2.28. The molecule has 1 aromatic heterocycles. The van der Waals surface area contributed by atoms with Crippen LogP contribution < -0.4 is 9.47 Å². The molecule has 3 aromatic rings. The summed E-state index contributed by atoms with van der Waals surface area (Å²) in [7, 11) is 3.33. The third-order valence-corrected chi connectivity index (χ3v) is 5.74. The van der Waals surface area contributed by atoms with E-state index in [1.54, 1.807) is 31.1 Å². The van der Waals surface area contributed by atoms with Crippen molar-refractivity contribution in [1.82, 2.24) is 9.88 Å². The fraction of sp³-hybridized carbons (Fsp3) is 0.300. The SMILES string of the molecule is COc1ccc(OC)c(C2CCN(C(=O)c3ccc4scnc4c3)C2)c1. The first-order valence-corrected chi connectivity index (χ1v) is 9.42. The molecule has 5 nitrogen and oxygen atoms in total. The van der Waals surface area contributed by atoms with Crippen LogP contribution in [0.2, 0.25) is 0 Å². The number of nitrogens with zero attached hydrogens (tertiary/aromatic N) is 2. The Balaban J connectivity index is 1.55. The largest absolute Gasteiger partial charge is 0.497 e. The Kier molecular flexibility index (Phi) is 4.51.